The molecule has 0 aliphatic heterocycles. The third-order valence-corrected chi connectivity index (χ3v) is 2.31. The van der Waals surface area contributed by atoms with E-state index in [1.807, 2.05) is 6.92 Å². The summed E-state index contributed by atoms with van der Waals surface area (Å²) in [6, 6.07) is -0.0783. The van der Waals surface area contributed by atoms with Crippen LogP contribution in [0.3, 0.4) is 0 Å². The van der Waals surface area contributed by atoms with E-state index in [9.17, 15) is 9.59 Å². The normalized spacial score (nSPS) is 17.2. The Bertz CT molecular complexity index is 226. The summed E-state index contributed by atoms with van der Waals surface area (Å²) in [5.41, 5.74) is 0. The molecule has 1 aliphatic rings. The van der Waals surface area contributed by atoms with E-state index in [4.69, 9.17) is 5.11 Å². The molecule has 0 heterocycles. The molecule has 3 N–H and O–H groups in total. The van der Waals surface area contributed by atoms with Crippen LogP contribution in [0.5, 0.6) is 0 Å². The molecule has 0 aromatic rings. The van der Waals surface area contributed by atoms with Gasteiger partial charge in [-0.15, -0.1) is 0 Å². The van der Waals surface area contributed by atoms with E-state index in [0.29, 0.717) is 5.92 Å². The molecule has 1 fully saturated rings. The lowest BCUT2D eigenvalue weighted by Crippen LogP contribution is -2.42. The first-order valence-corrected chi connectivity index (χ1v) is 4.85. The maximum absolute atomic E-state index is 11.2. The van der Waals surface area contributed by atoms with Crippen LogP contribution < -0.4 is 10.6 Å². The highest BCUT2D eigenvalue weighted by Gasteiger charge is 2.28. The van der Waals surface area contributed by atoms with Crippen LogP contribution in [-0.2, 0) is 4.79 Å². The van der Waals surface area contributed by atoms with Gasteiger partial charge in [0.25, 0.3) is 0 Å². The van der Waals surface area contributed by atoms with Crippen LogP contribution in [0, 0.1) is 5.92 Å². The van der Waals surface area contributed by atoms with Crippen LogP contribution in [0.1, 0.15) is 26.2 Å². The predicted molar refractivity (Wildman–Crippen MR) is 51.0 cm³/mol. The van der Waals surface area contributed by atoms with Crippen molar-refractivity contribution in [1.29, 1.82) is 0 Å². The summed E-state index contributed by atoms with van der Waals surface area (Å²) in [6.45, 7) is 2.15. The Morgan fingerprint density at radius 1 is 1.50 bits per heavy atom. The second kappa shape index (κ2) is 4.83. The van der Waals surface area contributed by atoms with Crippen LogP contribution in [-0.4, -0.2) is 29.7 Å². The largest absolute Gasteiger partial charge is 0.481 e. The Kier molecular flexibility index (Phi) is 3.73. The molecule has 1 saturated carbocycles. The Hall–Kier alpha value is -1.26. The Labute approximate surface area is 82.9 Å². The summed E-state index contributed by atoms with van der Waals surface area (Å²) in [4.78, 5) is 21.3. The molecule has 0 bridgehead atoms. The number of carboxylic acids is 1. The summed E-state index contributed by atoms with van der Waals surface area (Å²) in [5.74, 6) is -0.291. The molecule has 1 aliphatic carbocycles. The lowest BCUT2D eigenvalue weighted by atomic mass is 10.2. The first-order valence-electron chi connectivity index (χ1n) is 4.85. The van der Waals surface area contributed by atoms with Crippen molar-refractivity contribution in [1.82, 2.24) is 10.6 Å². The van der Waals surface area contributed by atoms with E-state index < -0.39 is 5.97 Å². The smallest absolute Gasteiger partial charge is 0.315 e. The van der Waals surface area contributed by atoms with Gasteiger partial charge in [-0.1, -0.05) is 0 Å². The second-order valence-electron chi connectivity index (χ2n) is 3.67. The molecular weight excluding hydrogens is 184 g/mol. The SMILES string of the molecule is CC(NC(=O)NCCC(=O)O)C1CC1. The van der Waals surface area contributed by atoms with Crippen LogP contribution in [0.25, 0.3) is 0 Å². The topological polar surface area (TPSA) is 78.4 Å². The second-order valence-corrected chi connectivity index (χ2v) is 3.67. The molecule has 1 atom stereocenters. The quantitative estimate of drug-likeness (QED) is 0.606. The van der Waals surface area contributed by atoms with E-state index in [2.05, 4.69) is 10.6 Å². The first-order chi connectivity index (χ1) is 6.59. The van der Waals surface area contributed by atoms with Crippen LogP contribution in [0.2, 0.25) is 0 Å². The minimum Gasteiger partial charge on any atom is -0.481 e. The van der Waals surface area contributed by atoms with Crippen molar-refractivity contribution in [3.63, 3.8) is 0 Å². The third kappa shape index (κ3) is 4.11. The first kappa shape index (κ1) is 10.8. The van der Waals surface area contributed by atoms with Crippen molar-refractivity contribution < 1.29 is 14.7 Å². The highest BCUT2D eigenvalue weighted by Crippen LogP contribution is 2.32. The van der Waals surface area contributed by atoms with E-state index in [-0.39, 0.29) is 25.0 Å². The summed E-state index contributed by atoms with van der Waals surface area (Å²) in [7, 11) is 0. The van der Waals surface area contributed by atoms with Crippen LogP contribution >= 0.6 is 0 Å². The molecule has 5 heteroatoms. The fourth-order valence-electron chi connectivity index (χ4n) is 1.25. The molecule has 0 aromatic heterocycles. The number of amides is 2. The average Bonchev–Trinajstić information content (AvgIpc) is 2.84. The number of hydrogen-bond donors (Lipinski definition) is 3. The number of carbonyl (C=O) groups is 2. The zero-order chi connectivity index (χ0) is 10.6. The molecule has 0 spiro atoms. The zero-order valence-electron chi connectivity index (χ0n) is 8.25. The van der Waals surface area contributed by atoms with Gasteiger partial charge in [0.05, 0.1) is 6.42 Å². The molecule has 5 nitrogen and oxygen atoms in total. The number of urea groups is 1. The molecule has 1 rings (SSSR count). The number of aliphatic carboxylic acids is 1. The van der Waals surface area contributed by atoms with Crippen molar-refractivity contribution in [3.8, 4) is 0 Å². The van der Waals surface area contributed by atoms with Crippen molar-refractivity contribution >= 4 is 12.0 Å². The molecule has 80 valence electrons. The van der Waals surface area contributed by atoms with E-state index in [0.717, 1.165) is 0 Å². The maximum Gasteiger partial charge on any atom is 0.315 e. The Morgan fingerprint density at radius 3 is 2.64 bits per heavy atom. The van der Waals surface area contributed by atoms with Crippen LogP contribution in [0.15, 0.2) is 0 Å². The van der Waals surface area contributed by atoms with Gasteiger partial charge in [0.1, 0.15) is 0 Å². The highest BCUT2D eigenvalue weighted by molar-refractivity contribution is 5.75. The predicted octanol–water partition coefficient (Wildman–Crippen LogP) is 0.559. The van der Waals surface area contributed by atoms with Crippen molar-refractivity contribution in [2.75, 3.05) is 6.54 Å². The fraction of sp³-hybridized carbons (Fsp3) is 0.778. The van der Waals surface area contributed by atoms with Gasteiger partial charge in [-0.05, 0) is 25.7 Å². The fourth-order valence-corrected chi connectivity index (χ4v) is 1.25. The zero-order valence-corrected chi connectivity index (χ0v) is 8.25. The minimum absolute atomic E-state index is 0.0365. The van der Waals surface area contributed by atoms with E-state index >= 15 is 0 Å². The lowest BCUT2D eigenvalue weighted by molar-refractivity contribution is -0.136. The van der Waals surface area contributed by atoms with Gasteiger partial charge in [-0.2, -0.15) is 0 Å². The van der Waals surface area contributed by atoms with Gasteiger partial charge in [-0.25, -0.2) is 4.79 Å². The van der Waals surface area contributed by atoms with Crippen molar-refractivity contribution in [3.05, 3.63) is 0 Å². The van der Waals surface area contributed by atoms with Gasteiger partial charge in [0, 0.05) is 12.6 Å². The highest BCUT2D eigenvalue weighted by atomic mass is 16.4. The van der Waals surface area contributed by atoms with E-state index in [1.165, 1.54) is 12.8 Å². The molecule has 0 aromatic carbocycles. The maximum atomic E-state index is 11.2. The molecule has 14 heavy (non-hydrogen) atoms. The van der Waals surface area contributed by atoms with Gasteiger partial charge >= 0.3 is 12.0 Å². The van der Waals surface area contributed by atoms with E-state index in [1.54, 1.807) is 0 Å². The molecule has 1 unspecified atom stereocenters. The Morgan fingerprint density at radius 2 is 2.14 bits per heavy atom. The number of carboxylic acid groups (broad SMARTS) is 1. The molecule has 2 amide bonds. The lowest BCUT2D eigenvalue weighted by Gasteiger charge is -2.12. The number of hydrogen-bond acceptors (Lipinski definition) is 2. The minimum atomic E-state index is -0.902. The molecular formula is C9H16N2O3. The molecule has 0 saturated heterocycles. The van der Waals surface area contributed by atoms with Gasteiger partial charge in [0.15, 0.2) is 0 Å². The summed E-state index contributed by atoms with van der Waals surface area (Å²) >= 11 is 0. The average molecular weight is 200 g/mol. The monoisotopic (exact) mass is 200 g/mol. The Balaban J connectivity index is 2.05. The van der Waals surface area contributed by atoms with Gasteiger partial charge < -0.3 is 15.7 Å². The number of carbonyl (C=O) groups excluding carboxylic acids is 1. The van der Waals surface area contributed by atoms with Crippen molar-refractivity contribution in [2.24, 2.45) is 5.92 Å². The third-order valence-electron chi connectivity index (χ3n) is 2.31. The van der Waals surface area contributed by atoms with Gasteiger partial charge in [-0.3, -0.25) is 4.79 Å². The van der Waals surface area contributed by atoms with Crippen molar-refractivity contribution in [2.45, 2.75) is 32.2 Å². The standard InChI is InChI=1S/C9H16N2O3/c1-6(7-2-3-7)11-9(14)10-5-4-8(12)13/h6-7H,2-5H2,1H3,(H,12,13)(H2,10,11,14). The molecule has 0 radical (unpaired) electrons. The summed E-state index contributed by atoms with van der Waals surface area (Å²) in [5, 5.41) is 13.6. The summed E-state index contributed by atoms with van der Waals surface area (Å²) in [6.07, 6.45) is 2.32. The number of rotatable bonds is 5. The van der Waals surface area contributed by atoms with Crippen LogP contribution in [0.4, 0.5) is 4.79 Å². The number of nitrogens with one attached hydrogen (secondary N) is 2. The van der Waals surface area contributed by atoms with Gasteiger partial charge in [0.2, 0.25) is 0 Å². The summed E-state index contributed by atoms with van der Waals surface area (Å²) < 4.78 is 0.